The van der Waals surface area contributed by atoms with E-state index in [0.29, 0.717) is 0 Å². The monoisotopic (exact) mass is 895 g/mol. The number of aromatic nitrogens is 1. The van der Waals surface area contributed by atoms with Crippen LogP contribution >= 0.6 is 0 Å². The average Bonchev–Trinajstić information content (AvgIpc) is 3.98. The smallest absolute Gasteiger partial charge is 0.179 e. The Kier molecular flexibility index (Phi) is 9.88. The quantitative estimate of drug-likeness (QED) is 0.104. The molecule has 11 aromatic carbocycles. The van der Waals surface area contributed by atoms with E-state index in [1.54, 1.807) is 0 Å². The number of para-hydroxylation sites is 2. The minimum absolute atomic E-state index is 0.891. The largest absolute Gasteiger partial charge is 0.456 e. The van der Waals surface area contributed by atoms with Crippen LogP contribution < -0.4 is 20.7 Å². The van der Waals surface area contributed by atoms with E-state index in [0.717, 1.165) is 60.9 Å². The lowest BCUT2D eigenvalue weighted by Gasteiger charge is -2.36. The number of furan rings is 1. The van der Waals surface area contributed by atoms with E-state index in [-0.39, 0.29) is 0 Å². The van der Waals surface area contributed by atoms with Gasteiger partial charge >= 0.3 is 0 Å². The minimum atomic E-state index is -3.25. The van der Waals surface area contributed by atoms with Gasteiger partial charge in [0.1, 0.15) is 11.2 Å². The summed E-state index contributed by atoms with van der Waals surface area (Å²) in [5.41, 5.74) is 14.6. The van der Waals surface area contributed by atoms with Gasteiger partial charge in [0, 0.05) is 32.7 Å². The second-order valence-electron chi connectivity index (χ2n) is 17.9. The molecule has 0 saturated heterocycles. The summed E-state index contributed by atoms with van der Waals surface area (Å²) >= 11 is 0. The molecule has 3 heteroatoms. The molecule has 0 bridgehead atoms. The van der Waals surface area contributed by atoms with Crippen LogP contribution in [0.2, 0.25) is 0 Å². The molecule has 13 rings (SSSR count). The Morgan fingerprint density at radius 3 is 1.25 bits per heavy atom. The Labute approximate surface area is 402 Å². The summed E-state index contributed by atoms with van der Waals surface area (Å²) in [5, 5.41) is 9.90. The van der Waals surface area contributed by atoms with Crippen molar-refractivity contribution in [1.29, 1.82) is 0 Å². The lowest BCUT2D eigenvalue weighted by molar-refractivity contribution is 0.669. The molecule has 0 aliphatic heterocycles. The Morgan fingerprint density at radius 2 is 0.710 bits per heavy atom. The predicted octanol–water partition coefficient (Wildman–Crippen LogP) is 14.7. The van der Waals surface area contributed by atoms with E-state index in [9.17, 15) is 0 Å². The zero-order valence-corrected chi connectivity index (χ0v) is 38.8. The zero-order valence-electron chi connectivity index (χ0n) is 37.8. The summed E-state index contributed by atoms with van der Waals surface area (Å²) < 4.78 is 9.10. The Balaban J connectivity index is 1.22. The van der Waals surface area contributed by atoms with Gasteiger partial charge in [0.15, 0.2) is 8.07 Å². The molecule has 0 aliphatic carbocycles. The topological polar surface area (TPSA) is 18.1 Å². The fraction of sp³-hybridized carbons (Fsp3) is 0. The van der Waals surface area contributed by atoms with Crippen molar-refractivity contribution in [3.05, 3.63) is 273 Å². The number of nitrogens with zero attached hydrogens (tertiary/aromatic N) is 1. The summed E-state index contributed by atoms with van der Waals surface area (Å²) in [6.45, 7) is 0. The molecule has 0 amide bonds. The van der Waals surface area contributed by atoms with Gasteiger partial charge in [-0.1, -0.05) is 243 Å². The van der Waals surface area contributed by atoms with Crippen LogP contribution in [-0.4, -0.2) is 12.6 Å². The van der Waals surface area contributed by atoms with Crippen molar-refractivity contribution in [2.45, 2.75) is 0 Å². The van der Waals surface area contributed by atoms with Crippen LogP contribution in [-0.2, 0) is 0 Å². The molecule has 0 radical (unpaired) electrons. The summed E-state index contributed by atoms with van der Waals surface area (Å²) in [4.78, 5) is 0. The number of rotatable bonds is 9. The molecular weight excluding hydrogens is 851 g/mol. The maximum Gasteiger partial charge on any atom is 0.179 e. The summed E-state index contributed by atoms with van der Waals surface area (Å²) in [7, 11) is -3.25. The van der Waals surface area contributed by atoms with Crippen molar-refractivity contribution in [1.82, 2.24) is 4.57 Å². The van der Waals surface area contributed by atoms with Crippen molar-refractivity contribution in [3.63, 3.8) is 0 Å². The molecule has 0 N–H and O–H groups in total. The molecule has 0 unspecified atom stereocenters. The first kappa shape index (κ1) is 40.5. The van der Waals surface area contributed by atoms with Gasteiger partial charge in [-0.3, -0.25) is 0 Å². The molecule has 2 aromatic heterocycles. The van der Waals surface area contributed by atoms with Crippen LogP contribution in [0.15, 0.2) is 277 Å². The first-order chi connectivity index (χ1) is 34.2. The normalized spacial score (nSPS) is 11.8. The van der Waals surface area contributed by atoms with Crippen LogP contribution in [0.1, 0.15) is 0 Å². The molecule has 0 atom stereocenters. The third kappa shape index (κ3) is 6.70. The number of hydrogen-bond acceptors (Lipinski definition) is 1. The Morgan fingerprint density at radius 1 is 0.275 bits per heavy atom. The van der Waals surface area contributed by atoms with Crippen molar-refractivity contribution >= 4 is 72.6 Å². The lowest BCUT2D eigenvalue weighted by atomic mass is 9.95. The number of fused-ring (bicyclic) bond motifs is 7. The second-order valence-corrected chi connectivity index (χ2v) is 21.8. The van der Waals surface area contributed by atoms with Crippen LogP contribution in [0.3, 0.4) is 0 Å². The SMILES string of the molecule is c1ccc(-c2cc(-c3ccccc3)cc([Si](c3ccccc3)(c3ccccc3)c3cc(-c4ccccc4)c(-n4c5ccccc5c5c6c(ccc54)oc4ccccc46)c(-c4ccccc4)c3)c2)cc1. The van der Waals surface area contributed by atoms with Crippen LogP contribution in [0.5, 0.6) is 0 Å². The molecule has 2 heterocycles. The van der Waals surface area contributed by atoms with E-state index in [1.165, 1.54) is 53.8 Å². The highest BCUT2D eigenvalue weighted by Crippen LogP contribution is 2.45. The van der Waals surface area contributed by atoms with E-state index in [1.807, 2.05) is 0 Å². The van der Waals surface area contributed by atoms with Gasteiger partial charge in [-0.2, -0.15) is 0 Å². The summed E-state index contributed by atoms with van der Waals surface area (Å²) in [5.74, 6) is 0. The molecule has 69 heavy (non-hydrogen) atoms. The Hall–Kier alpha value is -8.76. The molecule has 324 valence electrons. The van der Waals surface area contributed by atoms with E-state index >= 15 is 0 Å². The first-order valence-corrected chi connectivity index (χ1v) is 25.7. The second kappa shape index (κ2) is 16.8. The first-order valence-electron chi connectivity index (χ1n) is 23.7. The van der Waals surface area contributed by atoms with Crippen LogP contribution in [0.4, 0.5) is 0 Å². The number of hydrogen-bond donors (Lipinski definition) is 0. The van der Waals surface area contributed by atoms with Gasteiger partial charge in [0.25, 0.3) is 0 Å². The van der Waals surface area contributed by atoms with Gasteiger partial charge in [-0.05, 0) is 84.5 Å². The average molecular weight is 896 g/mol. The van der Waals surface area contributed by atoms with Crippen molar-refractivity contribution < 1.29 is 4.42 Å². The summed E-state index contributed by atoms with van der Waals surface area (Å²) in [6.07, 6.45) is 0. The van der Waals surface area contributed by atoms with E-state index in [4.69, 9.17) is 4.42 Å². The van der Waals surface area contributed by atoms with Crippen molar-refractivity contribution in [2.75, 3.05) is 0 Å². The molecular formula is C66H45NOSi. The lowest BCUT2D eigenvalue weighted by Crippen LogP contribution is -2.74. The van der Waals surface area contributed by atoms with E-state index in [2.05, 4.69) is 278 Å². The van der Waals surface area contributed by atoms with Crippen LogP contribution in [0.25, 0.3) is 93.9 Å². The maximum atomic E-state index is 6.56. The van der Waals surface area contributed by atoms with Crippen LogP contribution in [0, 0.1) is 0 Å². The minimum Gasteiger partial charge on any atom is -0.456 e. The molecule has 0 aliphatic rings. The summed E-state index contributed by atoms with van der Waals surface area (Å²) in [6, 6.07) is 101. The van der Waals surface area contributed by atoms with Crippen molar-refractivity contribution in [3.8, 4) is 50.2 Å². The van der Waals surface area contributed by atoms with E-state index < -0.39 is 8.07 Å². The molecule has 2 nitrogen and oxygen atoms in total. The standard InChI is InChI=1S/C66H45NOSi/c1-7-23-46(24-8-1)50-41-51(47-25-9-2-10-26-47)43-54(42-50)69(52-31-15-5-16-32-52,53-33-17-6-18-34-53)55-44-58(48-27-11-3-12-28-48)66(59(45-55)49-29-13-4-14-30-49)67-60-37-21-19-35-56(60)64-61(67)39-40-63-65(64)57-36-20-22-38-62(57)68-63/h1-45H. The number of benzene rings is 11. The highest BCUT2D eigenvalue weighted by Gasteiger charge is 2.43. The van der Waals surface area contributed by atoms with Crippen molar-refractivity contribution in [2.24, 2.45) is 0 Å². The molecule has 13 aromatic rings. The highest BCUT2D eigenvalue weighted by molar-refractivity contribution is 7.20. The fourth-order valence-electron chi connectivity index (χ4n) is 11.1. The third-order valence-electron chi connectivity index (χ3n) is 14.1. The fourth-order valence-corrected chi connectivity index (χ4v) is 15.9. The van der Waals surface area contributed by atoms with Gasteiger partial charge < -0.3 is 8.98 Å². The Bertz CT molecular complexity index is 3820. The highest BCUT2D eigenvalue weighted by atomic mass is 28.3. The molecule has 0 saturated carbocycles. The molecule has 0 fully saturated rings. The van der Waals surface area contributed by atoms with Gasteiger partial charge in [0.2, 0.25) is 0 Å². The van der Waals surface area contributed by atoms with Gasteiger partial charge in [0.05, 0.1) is 16.7 Å². The predicted molar refractivity (Wildman–Crippen MR) is 293 cm³/mol. The van der Waals surface area contributed by atoms with Gasteiger partial charge in [-0.25, -0.2) is 0 Å². The molecule has 0 spiro atoms. The zero-order chi connectivity index (χ0) is 45.7. The van der Waals surface area contributed by atoms with Gasteiger partial charge in [-0.15, -0.1) is 0 Å². The maximum absolute atomic E-state index is 6.56. The third-order valence-corrected chi connectivity index (χ3v) is 18.8.